The Kier molecular flexibility index (Phi) is 5.28. The van der Waals surface area contributed by atoms with E-state index < -0.39 is 30.4 Å². The molecule has 112 valence electrons. The monoisotopic (exact) mass is 293 g/mol. The van der Waals surface area contributed by atoms with E-state index >= 15 is 0 Å². The normalized spacial score (nSPS) is 13.1. The second-order valence-electron chi connectivity index (χ2n) is 3.93. The van der Waals surface area contributed by atoms with Crippen molar-refractivity contribution in [2.75, 3.05) is 25.6 Å². The summed E-state index contributed by atoms with van der Waals surface area (Å²) in [7, 11) is 1.36. The van der Waals surface area contributed by atoms with Crippen LogP contribution in [-0.2, 0) is 10.9 Å². The Bertz CT molecular complexity index is 480. The number of nitrogens with zero attached hydrogens (tertiary/aromatic N) is 1. The Morgan fingerprint density at radius 2 is 2.20 bits per heavy atom. The number of nitrogens with two attached hydrogens (primary N) is 1. The number of pyridine rings is 1. The van der Waals surface area contributed by atoms with Crippen molar-refractivity contribution in [1.82, 2.24) is 4.98 Å². The average Bonchev–Trinajstić information content (AvgIpc) is 2.36. The molecule has 0 saturated heterocycles. The molecule has 0 saturated carbocycles. The standard InChI is InChI=1S/C11H14F3N3O3/c1-20-5-6(4-18)16-10-7(9(15)19)2-3-8(17-10)11(12,13)14/h2-3,6,18H,4-5H2,1H3,(H2,15,19)(H,16,17). The molecule has 1 unspecified atom stereocenters. The summed E-state index contributed by atoms with van der Waals surface area (Å²) in [5.74, 6) is -1.27. The van der Waals surface area contributed by atoms with Crippen molar-refractivity contribution >= 4 is 11.7 Å². The minimum absolute atomic E-state index is 0.0205. The van der Waals surface area contributed by atoms with Crippen molar-refractivity contribution in [2.45, 2.75) is 12.2 Å². The molecule has 0 aliphatic heterocycles. The zero-order valence-electron chi connectivity index (χ0n) is 10.6. The molecule has 1 aromatic heterocycles. The highest BCUT2D eigenvalue weighted by atomic mass is 19.4. The summed E-state index contributed by atoms with van der Waals surface area (Å²) in [5, 5.41) is 11.6. The molecule has 0 bridgehead atoms. The lowest BCUT2D eigenvalue weighted by atomic mass is 10.2. The smallest absolute Gasteiger partial charge is 0.394 e. The molecule has 0 aliphatic carbocycles. The molecule has 9 heteroatoms. The minimum Gasteiger partial charge on any atom is -0.394 e. The van der Waals surface area contributed by atoms with Gasteiger partial charge < -0.3 is 20.9 Å². The van der Waals surface area contributed by atoms with Gasteiger partial charge in [-0.15, -0.1) is 0 Å². The Morgan fingerprint density at radius 1 is 1.55 bits per heavy atom. The fraction of sp³-hybridized carbons (Fsp3) is 0.455. The van der Waals surface area contributed by atoms with Crippen molar-refractivity contribution in [3.63, 3.8) is 0 Å². The maximum Gasteiger partial charge on any atom is 0.433 e. The first kappa shape index (κ1) is 16.2. The molecule has 0 spiro atoms. The number of carbonyl (C=O) groups excluding carboxylic acids is 1. The summed E-state index contributed by atoms with van der Waals surface area (Å²) in [6, 6.07) is 0.881. The number of ether oxygens (including phenoxy) is 1. The second kappa shape index (κ2) is 6.53. The van der Waals surface area contributed by atoms with E-state index in [4.69, 9.17) is 15.6 Å². The van der Waals surface area contributed by atoms with Crippen LogP contribution in [0, 0.1) is 0 Å². The minimum atomic E-state index is -4.65. The van der Waals surface area contributed by atoms with E-state index in [1.165, 1.54) is 7.11 Å². The van der Waals surface area contributed by atoms with Gasteiger partial charge in [0.25, 0.3) is 5.91 Å². The number of nitrogens with one attached hydrogen (secondary N) is 1. The van der Waals surface area contributed by atoms with Crippen molar-refractivity contribution in [3.05, 3.63) is 23.4 Å². The predicted octanol–water partition coefficient (Wildman–Crippen LogP) is 0.619. The fourth-order valence-electron chi connectivity index (χ4n) is 1.46. The van der Waals surface area contributed by atoms with Crippen LogP contribution < -0.4 is 11.1 Å². The van der Waals surface area contributed by atoms with Gasteiger partial charge in [0, 0.05) is 7.11 Å². The van der Waals surface area contributed by atoms with Crippen molar-refractivity contribution < 1.29 is 27.8 Å². The largest absolute Gasteiger partial charge is 0.433 e. The lowest BCUT2D eigenvalue weighted by Gasteiger charge is -2.18. The molecule has 1 amide bonds. The van der Waals surface area contributed by atoms with Crippen molar-refractivity contribution in [2.24, 2.45) is 5.73 Å². The topological polar surface area (TPSA) is 97.5 Å². The molecular formula is C11H14F3N3O3. The Labute approximate surface area is 112 Å². The summed E-state index contributed by atoms with van der Waals surface area (Å²) >= 11 is 0. The number of halogens is 3. The van der Waals surface area contributed by atoms with Crippen LogP contribution in [0.25, 0.3) is 0 Å². The number of hydrogen-bond acceptors (Lipinski definition) is 5. The van der Waals surface area contributed by atoms with Crippen LogP contribution in [-0.4, -0.2) is 42.4 Å². The van der Waals surface area contributed by atoms with E-state index in [2.05, 4.69) is 10.3 Å². The van der Waals surface area contributed by atoms with E-state index in [0.717, 1.165) is 6.07 Å². The number of carbonyl (C=O) groups is 1. The maximum absolute atomic E-state index is 12.6. The Hall–Kier alpha value is -1.87. The molecule has 0 aliphatic rings. The first-order chi connectivity index (χ1) is 9.29. The molecule has 0 aromatic carbocycles. The highest BCUT2D eigenvalue weighted by Crippen LogP contribution is 2.29. The van der Waals surface area contributed by atoms with Crippen molar-refractivity contribution in [3.8, 4) is 0 Å². The molecule has 0 fully saturated rings. The Balaban J connectivity index is 3.15. The summed E-state index contributed by atoms with van der Waals surface area (Å²) < 4.78 is 42.5. The summed E-state index contributed by atoms with van der Waals surface area (Å²) in [6.45, 7) is -0.392. The van der Waals surface area contributed by atoms with Gasteiger partial charge in [0.05, 0.1) is 24.8 Å². The number of aromatic nitrogens is 1. The maximum atomic E-state index is 12.6. The van der Waals surface area contributed by atoms with Crippen LogP contribution in [0.4, 0.5) is 19.0 Å². The van der Waals surface area contributed by atoms with Gasteiger partial charge in [0.15, 0.2) is 0 Å². The van der Waals surface area contributed by atoms with Gasteiger partial charge in [-0.05, 0) is 12.1 Å². The van der Waals surface area contributed by atoms with E-state index in [0.29, 0.717) is 6.07 Å². The van der Waals surface area contributed by atoms with Crippen molar-refractivity contribution in [1.29, 1.82) is 0 Å². The van der Waals surface area contributed by atoms with Gasteiger partial charge in [0.2, 0.25) is 0 Å². The molecule has 1 aromatic rings. The van der Waals surface area contributed by atoms with E-state index in [-0.39, 0.29) is 18.0 Å². The van der Waals surface area contributed by atoms with E-state index in [1.54, 1.807) is 0 Å². The fourth-order valence-corrected chi connectivity index (χ4v) is 1.46. The molecule has 1 rings (SSSR count). The number of primary amides is 1. The van der Waals surface area contributed by atoms with Crippen LogP contribution in [0.3, 0.4) is 0 Å². The van der Waals surface area contributed by atoms with E-state index in [9.17, 15) is 18.0 Å². The van der Waals surface area contributed by atoms with Crippen LogP contribution in [0.2, 0.25) is 0 Å². The second-order valence-corrected chi connectivity index (χ2v) is 3.93. The number of methoxy groups -OCH3 is 1. The highest BCUT2D eigenvalue weighted by Gasteiger charge is 2.33. The van der Waals surface area contributed by atoms with E-state index in [1.807, 2.05) is 0 Å². The van der Waals surface area contributed by atoms with Gasteiger partial charge in [0.1, 0.15) is 11.5 Å². The molecule has 1 heterocycles. The number of hydrogen-bond donors (Lipinski definition) is 3. The average molecular weight is 293 g/mol. The Morgan fingerprint density at radius 3 is 2.65 bits per heavy atom. The van der Waals surface area contributed by atoms with Crippen LogP contribution in [0.1, 0.15) is 16.1 Å². The van der Waals surface area contributed by atoms with Gasteiger partial charge in [-0.25, -0.2) is 4.98 Å². The first-order valence-electron chi connectivity index (χ1n) is 5.54. The van der Waals surface area contributed by atoms with Crippen LogP contribution in [0.5, 0.6) is 0 Å². The third-order valence-electron chi connectivity index (χ3n) is 2.38. The quantitative estimate of drug-likeness (QED) is 0.714. The van der Waals surface area contributed by atoms with Gasteiger partial charge >= 0.3 is 6.18 Å². The zero-order valence-corrected chi connectivity index (χ0v) is 10.6. The number of anilines is 1. The predicted molar refractivity (Wildman–Crippen MR) is 64.1 cm³/mol. The summed E-state index contributed by atoms with van der Waals surface area (Å²) in [4.78, 5) is 14.5. The molecule has 6 nitrogen and oxygen atoms in total. The lowest BCUT2D eigenvalue weighted by molar-refractivity contribution is -0.141. The molecule has 1 atom stereocenters. The zero-order chi connectivity index (χ0) is 15.3. The number of aliphatic hydroxyl groups excluding tert-OH is 1. The number of alkyl halides is 3. The highest BCUT2D eigenvalue weighted by molar-refractivity contribution is 5.97. The lowest BCUT2D eigenvalue weighted by Crippen LogP contribution is -2.31. The molecule has 0 radical (unpaired) electrons. The number of rotatable bonds is 6. The number of aliphatic hydroxyl groups is 1. The molecule has 4 N–H and O–H groups in total. The summed E-state index contributed by atoms with van der Waals surface area (Å²) in [5.41, 5.74) is 3.70. The molecular weight excluding hydrogens is 279 g/mol. The van der Waals surface area contributed by atoms with Gasteiger partial charge in [-0.3, -0.25) is 4.79 Å². The number of amides is 1. The first-order valence-corrected chi connectivity index (χ1v) is 5.54. The summed E-state index contributed by atoms with van der Waals surface area (Å²) in [6.07, 6.45) is -4.65. The third kappa shape index (κ3) is 4.07. The third-order valence-corrected chi connectivity index (χ3v) is 2.38. The van der Waals surface area contributed by atoms with Crippen LogP contribution in [0.15, 0.2) is 12.1 Å². The SMILES string of the molecule is COCC(CO)Nc1nc(C(F)(F)F)ccc1C(N)=O. The van der Waals surface area contributed by atoms with Gasteiger partial charge in [-0.1, -0.05) is 0 Å². The van der Waals surface area contributed by atoms with Gasteiger partial charge in [-0.2, -0.15) is 13.2 Å². The molecule has 20 heavy (non-hydrogen) atoms. The van der Waals surface area contributed by atoms with Crippen LogP contribution >= 0.6 is 0 Å².